The van der Waals surface area contributed by atoms with Crippen molar-refractivity contribution in [2.75, 3.05) is 6.54 Å². The normalized spacial score (nSPS) is 19.8. The lowest BCUT2D eigenvalue weighted by atomic mass is 9.92. The van der Waals surface area contributed by atoms with Gasteiger partial charge in [0.2, 0.25) is 5.91 Å². The summed E-state index contributed by atoms with van der Waals surface area (Å²) in [7, 11) is 0. The van der Waals surface area contributed by atoms with E-state index in [1.165, 1.54) is 24.3 Å². The molecule has 0 spiro atoms. The molecule has 1 aliphatic rings. The Morgan fingerprint density at radius 2 is 1.87 bits per heavy atom. The lowest BCUT2D eigenvalue weighted by molar-refractivity contribution is -0.135. The molecule has 6 nitrogen and oxygen atoms in total. The summed E-state index contributed by atoms with van der Waals surface area (Å²) in [5, 5.41) is 7.61. The lowest BCUT2D eigenvalue weighted by Gasteiger charge is -2.26. The van der Waals surface area contributed by atoms with Gasteiger partial charge in [0.15, 0.2) is 0 Å². The predicted octanol–water partition coefficient (Wildman–Crippen LogP) is 3.95. The summed E-state index contributed by atoms with van der Waals surface area (Å²) >= 11 is 1.57. The van der Waals surface area contributed by atoms with Crippen LogP contribution in [0.2, 0.25) is 0 Å². The Labute approximate surface area is 179 Å². The summed E-state index contributed by atoms with van der Waals surface area (Å²) in [5.74, 6) is -1.12. The highest BCUT2D eigenvalue weighted by atomic mass is 32.1. The number of hydrogen-bond acceptors (Lipinski definition) is 4. The van der Waals surface area contributed by atoms with E-state index in [1.807, 2.05) is 17.5 Å². The zero-order valence-corrected chi connectivity index (χ0v) is 18.1. The first-order chi connectivity index (χ1) is 14.3. The second-order valence-corrected chi connectivity index (χ2v) is 8.57. The van der Waals surface area contributed by atoms with Crippen molar-refractivity contribution >= 4 is 29.2 Å². The number of rotatable bonds is 8. The molecule has 0 aliphatic carbocycles. The maximum Gasteiger partial charge on any atom is 0.325 e. The zero-order chi connectivity index (χ0) is 21.9. The third-order valence-electron chi connectivity index (χ3n) is 5.68. The largest absolute Gasteiger partial charge is 0.347 e. The highest BCUT2D eigenvalue weighted by molar-refractivity contribution is 7.10. The van der Waals surface area contributed by atoms with Crippen molar-refractivity contribution in [1.29, 1.82) is 0 Å². The molecule has 1 saturated heterocycles. The summed E-state index contributed by atoms with van der Waals surface area (Å²) < 4.78 is 13.2. The number of halogens is 1. The van der Waals surface area contributed by atoms with Gasteiger partial charge in [0.05, 0.1) is 6.04 Å². The number of benzene rings is 1. The molecular formula is C22H26FN3O3S. The van der Waals surface area contributed by atoms with Gasteiger partial charge in [0, 0.05) is 4.88 Å². The van der Waals surface area contributed by atoms with Crippen LogP contribution in [0.25, 0.3) is 0 Å². The number of thiophene rings is 1. The fourth-order valence-corrected chi connectivity index (χ4v) is 4.70. The van der Waals surface area contributed by atoms with Crippen molar-refractivity contribution in [3.05, 3.63) is 58.0 Å². The molecule has 2 unspecified atom stereocenters. The number of carbonyl (C=O) groups excluding carboxylic acids is 3. The molecule has 1 fully saturated rings. The summed E-state index contributed by atoms with van der Waals surface area (Å²) in [5.41, 5.74) is -0.883. The Bertz CT molecular complexity index is 912. The Hall–Kier alpha value is -2.74. The fourth-order valence-electron chi connectivity index (χ4n) is 3.83. The zero-order valence-electron chi connectivity index (χ0n) is 17.3. The van der Waals surface area contributed by atoms with Gasteiger partial charge in [-0.1, -0.05) is 44.9 Å². The van der Waals surface area contributed by atoms with Gasteiger partial charge >= 0.3 is 6.03 Å². The van der Waals surface area contributed by atoms with E-state index in [2.05, 4.69) is 24.5 Å². The highest BCUT2D eigenvalue weighted by Gasteiger charge is 2.49. The smallest absolute Gasteiger partial charge is 0.325 e. The second kappa shape index (κ2) is 8.95. The quantitative estimate of drug-likeness (QED) is 0.622. The number of nitrogens with zero attached hydrogens (tertiary/aromatic N) is 1. The number of carbonyl (C=O) groups is 3. The van der Waals surface area contributed by atoms with Gasteiger partial charge in [-0.05, 0) is 42.0 Å². The number of urea groups is 1. The first kappa shape index (κ1) is 22.0. The van der Waals surface area contributed by atoms with Crippen molar-refractivity contribution in [2.45, 2.75) is 45.2 Å². The van der Waals surface area contributed by atoms with Gasteiger partial charge in [0.1, 0.15) is 17.9 Å². The van der Waals surface area contributed by atoms with Crippen LogP contribution in [-0.4, -0.2) is 29.3 Å². The highest BCUT2D eigenvalue weighted by Crippen LogP contribution is 2.31. The van der Waals surface area contributed by atoms with Gasteiger partial charge in [0.25, 0.3) is 5.91 Å². The van der Waals surface area contributed by atoms with Crippen LogP contribution in [0.5, 0.6) is 0 Å². The molecule has 2 heterocycles. The van der Waals surface area contributed by atoms with Crippen molar-refractivity contribution in [3.63, 3.8) is 0 Å². The van der Waals surface area contributed by atoms with E-state index in [0.717, 1.165) is 22.6 Å². The van der Waals surface area contributed by atoms with Crippen LogP contribution in [0.3, 0.4) is 0 Å². The minimum Gasteiger partial charge on any atom is -0.347 e. The molecule has 2 atom stereocenters. The van der Waals surface area contributed by atoms with Gasteiger partial charge in [-0.25, -0.2) is 9.18 Å². The van der Waals surface area contributed by atoms with Crippen LogP contribution in [0, 0.1) is 11.7 Å². The minimum atomic E-state index is -1.34. The number of nitrogens with one attached hydrogen (secondary N) is 2. The molecule has 4 amide bonds. The Morgan fingerprint density at radius 3 is 2.43 bits per heavy atom. The molecule has 2 aromatic rings. The SMILES string of the molecule is CCC(CC)C(NC(=O)CN1C(=O)NC(C)(c2ccc(F)cc2)C1=O)c1cccs1. The summed E-state index contributed by atoms with van der Waals surface area (Å²) in [4.78, 5) is 40.2. The van der Waals surface area contributed by atoms with Crippen molar-refractivity contribution in [1.82, 2.24) is 15.5 Å². The Balaban J connectivity index is 1.75. The molecule has 30 heavy (non-hydrogen) atoms. The first-order valence-electron chi connectivity index (χ1n) is 10.0. The molecule has 1 aromatic heterocycles. The van der Waals surface area contributed by atoms with Crippen molar-refractivity contribution < 1.29 is 18.8 Å². The minimum absolute atomic E-state index is 0.170. The fraction of sp³-hybridized carbons (Fsp3) is 0.409. The predicted molar refractivity (Wildman–Crippen MR) is 113 cm³/mol. The van der Waals surface area contributed by atoms with Crippen LogP contribution >= 0.6 is 11.3 Å². The van der Waals surface area contributed by atoms with Gasteiger partial charge in [-0.15, -0.1) is 11.3 Å². The summed E-state index contributed by atoms with van der Waals surface area (Å²) in [6.07, 6.45) is 1.79. The molecule has 1 aliphatic heterocycles. The third-order valence-corrected chi connectivity index (χ3v) is 6.64. The first-order valence-corrected chi connectivity index (χ1v) is 10.9. The number of imide groups is 1. The maximum atomic E-state index is 13.2. The van der Waals surface area contributed by atoms with Gasteiger partial charge < -0.3 is 10.6 Å². The number of amides is 4. The van der Waals surface area contributed by atoms with Crippen molar-refractivity contribution in [2.24, 2.45) is 5.92 Å². The molecule has 0 saturated carbocycles. The molecule has 3 rings (SSSR count). The standard InChI is InChI=1S/C22H26FN3O3S/c1-4-14(5-2)19(17-7-6-12-30-17)24-18(27)13-26-20(28)22(3,25-21(26)29)15-8-10-16(23)11-9-15/h6-12,14,19H,4-5,13H2,1-3H3,(H,24,27)(H,25,29). The Morgan fingerprint density at radius 1 is 1.20 bits per heavy atom. The molecular weight excluding hydrogens is 405 g/mol. The van der Waals surface area contributed by atoms with E-state index in [0.29, 0.717) is 5.56 Å². The van der Waals surface area contributed by atoms with Gasteiger partial charge in [-0.3, -0.25) is 14.5 Å². The molecule has 0 bridgehead atoms. The second-order valence-electron chi connectivity index (χ2n) is 7.59. The van der Waals surface area contributed by atoms with E-state index in [1.54, 1.807) is 18.3 Å². The molecule has 160 valence electrons. The molecule has 2 N–H and O–H groups in total. The van der Waals surface area contributed by atoms with Crippen LogP contribution < -0.4 is 10.6 Å². The van der Waals surface area contributed by atoms with Crippen molar-refractivity contribution in [3.8, 4) is 0 Å². The molecule has 8 heteroatoms. The van der Waals surface area contributed by atoms with E-state index >= 15 is 0 Å². The molecule has 0 radical (unpaired) electrons. The average molecular weight is 432 g/mol. The van der Waals surface area contributed by atoms with Gasteiger partial charge in [-0.2, -0.15) is 0 Å². The topological polar surface area (TPSA) is 78.5 Å². The van der Waals surface area contributed by atoms with E-state index < -0.39 is 29.2 Å². The summed E-state index contributed by atoms with van der Waals surface area (Å²) in [6, 6.07) is 8.48. The number of hydrogen-bond donors (Lipinski definition) is 2. The maximum absolute atomic E-state index is 13.2. The van der Waals surface area contributed by atoms with E-state index in [4.69, 9.17) is 0 Å². The van der Waals surface area contributed by atoms with Crippen LogP contribution in [-0.2, 0) is 15.1 Å². The van der Waals surface area contributed by atoms with Crippen LogP contribution in [0.1, 0.15) is 50.1 Å². The lowest BCUT2D eigenvalue weighted by Crippen LogP contribution is -2.44. The average Bonchev–Trinajstić information content (AvgIpc) is 3.32. The van der Waals surface area contributed by atoms with Crippen LogP contribution in [0.4, 0.5) is 9.18 Å². The monoisotopic (exact) mass is 431 g/mol. The van der Waals surface area contributed by atoms with E-state index in [9.17, 15) is 18.8 Å². The summed E-state index contributed by atoms with van der Waals surface area (Å²) in [6.45, 7) is 5.33. The third kappa shape index (κ3) is 4.23. The van der Waals surface area contributed by atoms with Crippen LogP contribution in [0.15, 0.2) is 41.8 Å². The molecule has 1 aromatic carbocycles. The van der Waals surface area contributed by atoms with E-state index in [-0.39, 0.29) is 18.5 Å². The Kier molecular flexibility index (Phi) is 6.55.